The Hall–Kier alpha value is -2.98. The van der Waals surface area contributed by atoms with Crippen molar-refractivity contribution in [3.05, 3.63) is 41.6 Å². The molecule has 2 saturated heterocycles. The van der Waals surface area contributed by atoms with Crippen molar-refractivity contribution in [3.8, 4) is 0 Å². The SMILES string of the molecule is C=S1CCc2nc(N3CCC(CNC(=O)CN(C)C)(c4ccccc4)CC3)nc(N[C@H]3CCC(=O)N(C)C3)c21. The van der Waals surface area contributed by atoms with Gasteiger partial charge in [0.05, 0.1) is 17.1 Å². The van der Waals surface area contributed by atoms with E-state index in [0.717, 1.165) is 66.9 Å². The lowest BCUT2D eigenvalue weighted by Gasteiger charge is -2.42. The zero-order valence-corrected chi connectivity index (χ0v) is 24.2. The molecular weight excluding hydrogens is 510 g/mol. The summed E-state index contributed by atoms with van der Waals surface area (Å²) in [6.45, 7) is 3.31. The fraction of sp³-hybridized carbons (Fsp3) is 0.552. The predicted molar refractivity (Wildman–Crippen MR) is 159 cm³/mol. The van der Waals surface area contributed by atoms with Crippen molar-refractivity contribution in [2.45, 2.75) is 48.5 Å². The standard InChI is InChI=1S/C29H41N7O2S/c1-34(2)19-24(37)30-20-29(21-8-6-5-7-9-21)13-15-36(16-14-29)28-32-23-12-17-39(4)26(23)27(33-28)31-22-10-11-25(38)35(3)18-22/h5-9,22H,4,10-20H2,1-3H3,(H,30,37)(H,31,32,33)/t22-,39?/m0/s1. The molecule has 0 radical (unpaired) electrons. The molecule has 1 aromatic heterocycles. The Morgan fingerprint density at radius 3 is 2.62 bits per heavy atom. The van der Waals surface area contributed by atoms with Crippen LogP contribution in [0.15, 0.2) is 35.2 Å². The summed E-state index contributed by atoms with van der Waals surface area (Å²) in [6.07, 6.45) is 4.10. The molecule has 9 nitrogen and oxygen atoms in total. The number of aryl methyl sites for hydroxylation is 1. The highest BCUT2D eigenvalue weighted by atomic mass is 32.2. The first-order valence-electron chi connectivity index (χ1n) is 13.9. The number of aromatic nitrogens is 2. The number of fused-ring (bicyclic) bond motifs is 1. The third kappa shape index (κ3) is 6.11. The zero-order chi connectivity index (χ0) is 27.6. The third-order valence-electron chi connectivity index (χ3n) is 8.24. The van der Waals surface area contributed by atoms with Crippen LogP contribution in [0.25, 0.3) is 0 Å². The molecule has 1 aromatic carbocycles. The van der Waals surface area contributed by atoms with E-state index in [1.165, 1.54) is 5.56 Å². The summed E-state index contributed by atoms with van der Waals surface area (Å²) in [4.78, 5) is 41.8. The zero-order valence-electron chi connectivity index (χ0n) is 23.4. The van der Waals surface area contributed by atoms with E-state index in [0.29, 0.717) is 26.1 Å². The van der Waals surface area contributed by atoms with E-state index >= 15 is 0 Å². The molecule has 0 bridgehead atoms. The molecule has 3 aliphatic rings. The average molecular weight is 552 g/mol. The molecule has 3 aliphatic heterocycles. The van der Waals surface area contributed by atoms with Gasteiger partial charge >= 0.3 is 0 Å². The average Bonchev–Trinajstić information content (AvgIpc) is 3.31. The van der Waals surface area contributed by atoms with Gasteiger partial charge in [0.1, 0.15) is 5.82 Å². The number of rotatable bonds is 8. The minimum atomic E-state index is -0.128. The van der Waals surface area contributed by atoms with Gasteiger partial charge in [-0.2, -0.15) is 15.5 Å². The molecule has 0 aliphatic carbocycles. The molecule has 2 N–H and O–H groups in total. The molecule has 10 heteroatoms. The predicted octanol–water partition coefficient (Wildman–Crippen LogP) is 2.34. The lowest BCUT2D eigenvalue weighted by Crippen LogP contribution is -2.50. The molecule has 2 aromatic rings. The molecule has 0 saturated carbocycles. The number of nitrogens with zero attached hydrogens (tertiary/aromatic N) is 5. The number of anilines is 2. The normalized spacial score (nSPS) is 22.6. The van der Waals surface area contributed by atoms with Crippen LogP contribution in [0, 0.1) is 0 Å². The first kappa shape index (κ1) is 27.6. The summed E-state index contributed by atoms with van der Waals surface area (Å²) in [7, 11) is 5.57. The number of likely N-dealkylation sites (N-methyl/N-ethyl adjacent to an activating group) is 2. The van der Waals surface area contributed by atoms with Gasteiger partial charge in [-0.25, -0.2) is 4.98 Å². The number of benzene rings is 1. The third-order valence-corrected chi connectivity index (χ3v) is 9.94. The second-order valence-electron chi connectivity index (χ2n) is 11.4. The van der Waals surface area contributed by atoms with E-state index in [9.17, 15) is 9.59 Å². The smallest absolute Gasteiger partial charge is 0.234 e. The highest BCUT2D eigenvalue weighted by molar-refractivity contribution is 8.14. The largest absolute Gasteiger partial charge is 0.364 e. The summed E-state index contributed by atoms with van der Waals surface area (Å²) in [5.74, 6) is 7.33. The minimum Gasteiger partial charge on any atom is -0.364 e. The van der Waals surface area contributed by atoms with Gasteiger partial charge in [-0.15, -0.1) is 0 Å². The van der Waals surface area contributed by atoms with Crippen molar-refractivity contribution >= 4 is 39.9 Å². The van der Waals surface area contributed by atoms with Gasteiger partial charge in [-0.05, 0) is 51.1 Å². The van der Waals surface area contributed by atoms with Crippen molar-refractivity contribution in [3.63, 3.8) is 0 Å². The van der Waals surface area contributed by atoms with Crippen LogP contribution in [0.2, 0.25) is 0 Å². The van der Waals surface area contributed by atoms with Gasteiger partial charge in [-0.3, -0.25) is 9.59 Å². The second-order valence-corrected chi connectivity index (χ2v) is 13.2. The van der Waals surface area contributed by atoms with Crippen LogP contribution in [0.3, 0.4) is 0 Å². The first-order valence-corrected chi connectivity index (χ1v) is 15.4. The first-order chi connectivity index (χ1) is 18.7. The number of carbonyl (C=O) groups is 2. The van der Waals surface area contributed by atoms with E-state index in [1.807, 2.05) is 32.1 Å². The summed E-state index contributed by atoms with van der Waals surface area (Å²) < 4.78 is 0. The molecule has 2 atom stereocenters. The van der Waals surface area contributed by atoms with Crippen LogP contribution < -0.4 is 15.5 Å². The lowest BCUT2D eigenvalue weighted by molar-refractivity contribution is -0.132. The maximum absolute atomic E-state index is 12.5. The highest BCUT2D eigenvalue weighted by Crippen LogP contribution is 2.42. The number of nitrogens with one attached hydrogen (secondary N) is 2. The maximum atomic E-state index is 12.5. The number of hydrogen-bond acceptors (Lipinski definition) is 7. The van der Waals surface area contributed by atoms with E-state index in [2.05, 4.69) is 45.7 Å². The number of likely N-dealkylation sites (tertiary alicyclic amines) is 1. The van der Waals surface area contributed by atoms with Gasteiger partial charge in [-0.1, -0.05) is 36.2 Å². The monoisotopic (exact) mass is 551 g/mol. The molecule has 2 fully saturated rings. The highest BCUT2D eigenvalue weighted by Gasteiger charge is 2.38. The van der Waals surface area contributed by atoms with Crippen LogP contribution >= 0.6 is 10.5 Å². The van der Waals surface area contributed by atoms with Crippen LogP contribution in [0.5, 0.6) is 0 Å². The van der Waals surface area contributed by atoms with Crippen molar-refractivity contribution < 1.29 is 9.59 Å². The molecule has 4 heterocycles. The van der Waals surface area contributed by atoms with Crippen LogP contribution in [-0.4, -0.2) is 103 Å². The Labute approximate surface area is 234 Å². The minimum absolute atomic E-state index is 0.0500. The van der Waals surface area contributed by atoms with Crippen LogP contribution in [0.4, 0.5) is 11.8 Å². The summed E-state index contributed by atoms with van der Waals surface area (Å²) in [5.41, 5.74) is 2.25. The number of amides is 2. The van der Waals surface area contributed by atoms with E-state index in [4.69, 9.17) is 9.97 Å². The van der Waals surface area contributed by atoms with Crippen molar-refractivity contribution in [1.29, 1.82) is 0 Å². The Morgan fingerprint density at radius 1 is 1.18 bits per heavy atom. The van der Waals surface area contributed by atoms with Gasteiger partial charge < -0.3 is 25.3 Å². The lowest BCUT2D eigenvalue weighted by atomic mass is 9.72. The number of carbonyl (C=O) groups excluding carboxylic acids is 2. The molecule has 0 spiro atoms. The quantitative estimate of drug-likeness (QED) is 0.487. The fourth-order valence-electron chi connectivity index (χ4n) is 5.95. The molecule has 210 valence electrons. The Kier molecular flexibility index (Phi) is 8.23. The maximum Gasteiger partial charge on any atom is 0.234 e. The van der Waals surface area contributed by atoms with Crippen molar-refractivity contribution in [2.75, 3.05) is 69.8 Å². The van der Waals surface area contributed by atoms with Gasteiger partial charge in [0, 0.05) is 51.1 Å². The summed E-state index contributed by atoms with van der Waals surface area (Å²) in [6, 6.07) is 10.7. The number of hydrogen-bond donors (Lipinski definition) is 2. The van der Waals surface area contributed by atoms with Crippen molar-refractivity contribution in [2.24, 2.45) is 0 Å². The van der Waals surface area contributed by atoms with Crippen LogP contribution in [-0.2, 0) is 21.4 Å². The van der Waals surface area contributed by atoms with E-state index in [1.54, 1.807) is 4.90 Å². The van der Waals surface area contributed by atoms with Crippen molar-refractivity contribution in [1.82, 2.24) is 25.1 Å². The van der Waals surface area contributed by atoms with Gasteiger partial charge in [0.15, 0.2) is 0 Å². The van der Waals surface area contributed by atoms with Crippen LogP contribution in [0.1, 0.15) is 36.9 Å². The molecule has 2 amide bonds. The molecule has 39 heavy (non-hydrogen) atoms. The Balaban J connectivity index is 1.35. The molecular formula is C29H41N7O2S. The fourth-order valence-corrected chi connectivity index (χ4v) is 7.45. The summed E-state index contributed by atoms with van der Waals surface area (Å²) >= 11 is 0. The number of piperidine rings is 2. The summed E-state index contributed by atoms with van der Waals surface area (Å²) in [5, 5.41) is 6.88. The molecule has 5 rings (SSSR count). The Bertz CT molecular complexity index is 1230. The van der Waals surface area contributed by atoms with E-state index < -0.39 is 0 Å². The van der Waals surface area contributed by atoms with E-state index in [-0.39, 0.29) is 33.8 Å². The van der Waals surface area contributed by atoms with Gasteiger partial charge in [0.25, 0.3) is 0 Å². The Morgan fingerprint density at radius 2 is 1.92 bits per heavy atom. The van der Waals surface area contributed by atoms with Gasteiger partial charge in [0.2, 0.25) is 17.8 Å². The molecule has 1 unspecified atom stereocenters. The second kappa shape index (κ2) is 11.6. The topological polar surface area (TPSA) is 93.7 Å².